The molecule has 0 fully saturated rings. The van der Waals surface area contributed by atoms with E-state index < -0.39 is 0 Å². The summed E-state index contributed by atoms with van der Waals surface area (Å²) in [5, 5.41) is 4.62. The average Bonchev–Trinajstić information content (AvgIpc) is 3.13. The van der Waals surface area contributed by atoms with Crippen LogP contribution in [0.5, 0.6) is 5.75 Å². The van der Waals surface area contributed by atoms with Gasteiger partial charge in [0, 0.05) is 23.1 Å². The molecule has 0 radical (unpaired) electrons. The van der Waals surface area contributed by atoms with Crippen molar-refractivity contribution in [2.45, 2.75) is 13.2 Å². The number of thiazole rings is 1. The van der Waals surface area contributed by atoms with Gasteiger partial charge in [-0.25, -0.2) is 9.37 Å². The molecule has 1 amide bonds. The van der Waals surface area contributed by atoms with Crippen molar-refractivity contribution >= 4 is 17.2 Å². The molecule has 0 saturated heterocycles. The molecule has 24 heavy (non-hydrogen) atoms. The number of benzene rings is 2. The number of amides is 1. The zero-order chi connectivity index (χ0) is 16.8. The Morgan fingerprint density at radius 1 is 1.17 bits per heavy atom. The van der Waals surface area contributed by atoms with Gasteiger partial charge in [-0.3, -0.25) is 4.79 Å². The summed E-state index contributed by atoms with van der Waals surface area (Å²) >= 11 is 1.51. The zero-order valence-corrected chi connectivity index (χ0v) is 13.6. The van der Waals surface area contributed by atoms with Crippen molar-refractivity contribution in [3.63, 3.8) is 0 Å². The maximum absolute atomic E-state index is 13.5. The summed E-state index contributed by atoms with van der Waals surface area (Å²) in [7, 11) is 0. The number of carbonyl (C=O) groups excluding carboxylic acids is 1. The second-order valence-corrected chi connectivity index (χ2v) is 5.79. The molecule has 122 valence electrons. The minimum Gasteiger partial charge on any atom is -0.487 e. The zero-order valence-electron chi connectivity index (χ0n) is 12.7. The monoisotopic (exact) mass is 342 g/mol. The topological polar surface area (TPSA) is 51.2 Å². The highest BCUT2D eigenvalue weighted by molar-refractivity contribution is 7.07. The molecule has 0 aliphatic rings. The van der Waals surface area contributed by atoms with Gasteiger partial charge >= 0.3 is 0 Å². The number of halogens is 1. The van der Waals surface area contributed by atoms with Gasteiger partial charge in [0.05, 0.1) is 11.2 Å². The normalized spacial score (nSPS) is 10.4. The van der Waals surface area contributed by atoms with Crippen LogP contribution in [0, 0.1) is 5.82 Å². The minimum atomic E-state index is -0.330. The fraction of sp³-hybridized carbons (Fsp3) is 0.111. The molecule has 0 saturated carbocycles. The smallest absolute Gasteiger partial charge is 0.251 e. The average molecular weight is 342 g/mol. The summed E-state index contributed by atoms with van der Waals surface area (Å²) in [6, 6.07) is 13.2. The molecule has 2 aromatic carbocycles. The Labute approximate surface area is 142 Å². The lowest BCUT2D eigenvalue weighted by Crippen LogP contribution is -2.23. The van der Waals surface area contributed by atoms with Crippen molar-refractivity contribution in [3.8, 4) is 5.75 Å². The molecule has 1 aromatic heterocycles. The Hall–Kier alpha value is -2.73. The van der Waals surface area contributed by atoms with Gasteiger partial charge in [0.1, 0.15) is 18.2 Å². The number of hydrogen-bond acceptors (Lipinski definition) is 4. The van der Waals surface area contributed by atoms with Crippen molar-refractivity contribution in [3.05, 3.63) is 82.1 Å². The third-order valence-corrected chi connectivity index (χ3v) is 4.02. The van der Waals surface area contributed by atoms with Gasteiger partial charge in [0.25, 0.3) is 5.91 Å². The van der Waals surface area contributed by atoms with E-state index in [-0.39, 0.29) is 18.3 Å². The molecule has 3 rings (SSSR count). The summed E-state index contributed by atoms with van der Waals surface area (Å²) in [5.41, 5.74) is 3.56. The summed E-state index contributed by atoms with van der Waals surface area (Å²) in [4.78, 5) is 16.2. The van der Waals surface area contributed by atoms with E-state index in [0.717, 1.165) is 5.69 Å². The Balaban J connectivity index is 1.54. The number of carbonyl (C=O) groups is 1. The van der Waals surface area contributed by atoms with Crippen molar-refractivity contribution < 1.29 is 13.9 Å². The van der Waals surface area contributed by atoms with E-state index in [1.54, 1.807) is 48.0 Å². The first-order chi connectivity index (χ1) is 11.7. The Kier molecular flexibility index (Phi) is 5.18. The van der Waals surface area contributed by atoms with E-state index in [1.165, 1.54) is 17.4 Å². The standard InChI is InChI=1S/C18H15FN2O2S/c19-17-4-2-1-3-14(17)9-20-18(22)13-5-7-16(8-6-13)23-10-15-11-24-12-21-15/h1-8,11-12H,9-10H2,(H,20,22). The van der Waals surface area contributed by atoms with E-state index in [2.05, 4.69) is 10.3 Å². The predicted molar refractivity (Wildman–Crippen MR) is 90.5 cm³/mol. The van der Waals surface area contributed by atoms with Crippen molar-refractivity contribution in [1.29, 1.82) is 0 Å². The van der Waals surface area contributed by atoms with Crippen LogP contribution in [0.1, 0.15) is 21.6 Å². The molecule has 3 aromatic rings. The van der Waals surface area contributed by atoms with E-state index in [4.69, 9.17) is 4.74 Å². The first-order valence-electron chi connectivity index (χ1n) is 7.34. The highest BCUT2D eigenvalue weighted by Crippen LogP contribution is 2.15. The molecule has 1 heterocycles. The van der Waals surface area contributed by atoms with E-state index in [1.807, 2.05) is 5.38 Å². The Bertz CT molecular complexity index is 804. The van der Waals surface area contributed by atoms with Crippen LogP contribution in [0.15, 0.2) is 59.4 Å². The number of nitrogens with one attached hydrogen (secondary N) is 1. The number of nitrogens with zero attached hydrogens (tertiary/aromatic N) is 1. The van der Waals surface area contributed by atoms with Gasteiger partial charge < -0.3 is 10.1 Å². The highest BCUT2D eigenvalue weighted by Gasteiger charge is 2.07. The van der Waals surface area contributed by atoms with Crippen LogP contribution in [0.2, 0.25) is 0 Å². The molecule has 0 aliphatic heterocycles. The molecule has 0 spiro atoms. The van der Waals surface area contributed by atoms with Gasteiger partial charge in [-0.2, -0.15) is 0 Å². The van der Waals surface area contributed by atoms with Gasteiger partial charge in [0.2, 0.25) is 0 Å². The maximum Gasteiger partial charge on any atom is 0.251 e. The quantitative estimate of drug-likeness (QED) is 0.741. The third kappa shape index (κ3) is 4.17. The van der Waals surface area contributed by atoms with Crippen LogP contribution in [0.25, 0.3) is 0 Å². The van der Waals surface area contributed by atoms with E-state index in [0.29, 0.717) is 23.5 Å². The van der Waals surface area contributed by atoms with Crippen molar-refractivity contribution in [2.24, 2.45) is 0 Å². The molecule has 0 aliphatic carbocycles. The summed E-state index contributed by atoms with van der Waals surface area (Å²) in [6.45, 7) is 0.538. The lowest BCUT2D eigenvalue weighted by atomic mass is 10.2. The molecular weight excluding hydrogens is 327 g/mol. The largest absolute Gasteiger partial charge is 0.487 e. The first-order valence-corrected chi connectivity index (χ1v) is 8.28. The third-order valence-electron chi connectivity index (χ3n) is 3.38. The van der Waals surface area contributed by atoms with Crippen LogP contribution in [0.4, 0.5) is 4.39 Å². The fourth-order valence-corrected chi connectivity index (χ4v) is 2.63. The number of aromatic nitrogens is 1. The fourth-order valence-electron chi connectivity index (χ4n) is 2.09. The molecule has 0 atom stereocenters. The predicted octanol–water partition coefficient (Wildman–Crippen LogP) is 3.79. The molecule has 0 bridgehead atoms. The lowest BCUT2D eigenvalue weighted by Gasteiger charge is -2.08. The number of ether oxygens (including phenoxy) is 1. The maximum atomic E-state index is 13.5. The number of hydrogen-bond donors (Lipinski definition) is 1. The summed E-state index contributed by atoms with van der Waals surface area (Å²) in [5.74, 6) is 0.0709. The van der Waals surface area contributed by atoms with Crippen LogP contribution >= 0.6 is 11.3 Å². The van der Waals surface area contributed by atoms with Crippen molar-refractivity contribution in [2.75, 3.05) is 0 Å². The molecule has 0 unspecified atom stereocenters. The molecule has 1 N–H and O–H groups in total. The van der Waals surface area contributed by atoms with Crippen LogP contribution in [-0.2, 0) is 13.2 Å². The van der Waals surface area contributed by atoms with E-state index in [9.17, 15) is 9.18 Å². The van der Waals surface area contributed by atoms with Gasteiger partial charge in [-0.1, -0.05) is 18.2 Å². The highest BCUT2D eigenvalue weighted by atomic mass is 32.1. The Morgan fingerprint density at radius 2 is 1.96 bits per heavy atom. The molecule has 6 heteroatoms. The van der Waals surface area contributed by atoms with Crippen LogP contribution < -0.4 is 10.1 Å². The summed E-state index contributed by atoms with van der Waals surface area (Å²) in [6.07, 6.45) is 0. The van der Waals surface area contributed by atoms with Gasteiger partial charge in [-0.15, -0.1) is 11.3 Å². The molecular formula is C18H15FN2O2S. The second kappa shape index (κ2) is 7.70. The first kappa shape index (κ1) is 16.1. The van der Waals surface area contributed by atoms with Crippen LogP contribution in [0.3, 0.4) is 0 Å². The lowest BCUT2D eigenvalue weighted by molar-refractivity contribution is 0.0950. The number of rotatable bonds is 6. The Morgan fingerprint density at radius 3 is 2.67 bits per heavy atom. The van der Waals surface area contributed by atoms with Crippen LogP contribution in [-0.4, -0.2) is 10.9 Å². The molecule has 4 nitrogen and oxygen atoms in total. The summed E-state index contributed by atoms with van der Waals surface area (Å²) < 4.78 is 19.1. The van der Waals surface area contributed by atoms with Gasteiger partial charge in [-0.05, 0) is 30.3 Å². The second-order valence-electron chi connectivity index (χ2n) is 5.07. The van der Waals surface area contributed by atoms with Crippen molar-refractivity contribution in [1.82, 2.24) is 10.3 Å². The minimum absolute atomic E-state index is 0.146. The SMILES string of the molecule is O=C(NCc1ccccc1F)c1ccc(OCc2cscn2)cc1. The van der Waals surface area contributed by atoms with Gasteiger partial charge in [0.15, 0.2) is 0 Å². The van der Waals surface area contributed by atoms with E-state index >= 15 is 0 Å².